The van der Waals surface area contributed by atoms with Gasteiger partial charge in [0.1, 0.15) is 5.82 Å². The lowest BCUT2D eigenvalue weighted by Crippen LogP contribution is -2.05. The first-order chi connectivity index (χ1) is 8.13. The van der Waals surface area contributed by atoms with Crippen molar-refractivity contribution in [2.75, 3.05) is 5.73 Å². The minimum absolute atomic E-state index is 0.253. The van der Waals surface area contributed by atoms with Gasteiger partial charge in [0.25, 0.3) is 0 Å². The van der Waals surface area contributed by atoms with Crippen LogP contribution in [0.25, 0.3) is 5.69 Å². The molecule has 1 aromatic carbocycles. The summed E-state index contributed by atoms with van der Waals surface area (Å²) in [5.41, 5.74) is 8.28. The zero-order chi connectivity index (χ0) is 12.4. The molecule has 0 fully saturated rings. The van der Waals surface area contributed by atoms with Gasteiger partial charge in [-0.15, -0.1) is 5.10 Å². The minimum atomic E-state index is -0.253. The highest BCUT2D eigenvalue weighted by Gasteiger charge is 2.12. The van der Waals surface area contributed by atoms with Crippen LogP contribution in [0, 0.1) is 12.7 Å². The first kappa shape index (κ1) is 11.6. The Bertz CT molecular complexity index is 533. The average Bonchev–Trinajstić information content (AvgIpc) is 2.62. The molecule has 2 rings (SSSR count). The van der Waals surface area contributed by atoms with Gasteiger partial charge in [-0.05, 0) is 37.1 Å². The molecule has 0 bridgehead atoms. The summed E-state index contributed by atoms with van der Waals surface area (Å²) in [6, 6.07) is 4.58. The van der Waals surface area contributed by atoms with Crippen molar-refractivity contribution in [3.63, 3.8) is 0 Å². The van der Waals surface area contributed by atoms with Gasteiger partial charge in [-0.2, -0.15) is 0 Å². The molecule has 0 unspecified atom stereocenters. The van der Waals surface area contributed by atoms with Gasteiger partial charge >= 0.3 is 0 Å². The number of hydrogen-bond acceptors (Lipinski definition) is 3. The molecule has 4 nitrogen and oxygen atoms in total. The fraction of sp³-hybridized carbons (Fsp3) is 0.333. The predicted molar refractivity (Wildman–Crippen MR) is 64.5 cm³/mol. The second-order valence-corrected chi connectivity index (χ2v) is 4.01. The third-order valence-electron chi connectivity index (χ3n) is 2.67. The number of anilines is 1. The van der Waals surface area contributed by atoms with E-state index in [1.54, 1.807) is 10.7 Å². The summed E-state index contributed by atoms with van der Waals surface area (Å²) in [5, 5.41) is 7.89. The summed E-state index contributed by atoms with van der Waals surface area (Å²) < 4.78 is 14.7. The smallest absolute Gasteiger partial charge is 0.169 e. The van der Waals surface area contributed by atoms with E-state index in [0.29, 0.717) is 5.82 Å². The highest BCUT2D eigenvalue weighted by atomic mass is 19.1. The van der Waals surface area contributed by atoms with E-state index in [4.69, 9.17) is 5.73 Å². The SMILES string of the molecule is CCCc1c(N)nnn1-c1ccc(F)cc1C. The molecule has 0 spiro atoms. The quantitative estimate of drug-likeness (QED) is 0.886. The van der Waals surface area contributed by atoms with E-state index < -0.39 is 0 Å². The van der Waals surface area contributed by atoms with Gasteiger partial charge in [-0.25, -0.2) is 9.07 Å². The monoisotopic (exact) mass is 234 g/mol. The van der Waals surface area contributed by atoms with Crippen LogP contribution in [-0.2, 0) is 6.42 Å². The van der Waals surface area contributed by atoms with Crippen molar-refractivity contribution in [2.45, 2.75) is 26.7 Å². The zero-order valence-electron chi connectivity index (χ0n) is 9.94. The average molecular weight is 234 g/mol. The van der Waals surface area contributed by atoms with Crippen LogP contribution in [0.4, 0.5) is 10.2 Å². The zero-order valence-corrected chi connectivity index (χ0v) is 9.94. The molecule has 1 aromatic heterocycles. The van der Waals surface area contributed by atoms with Crippen molar-refractivity contribution < 1.29 is 4.39 Å². The highest BCUT2D eigenvalue weighted by molar-refractivity contribution is 5.45. The number of aromatic nitrogens is 3. The van der Waals surface area contributed by atoms with Gasteiger partial charge in [0.2, 0.25) is 0 Å². The predicted octanol–water partition coefficient (Wildman–Crippen LogP) is 2.25. The topological polar surface area (TPSA) is 56.7 Å². The lowest BCUT2D eigenvalue weighted by Gasteiger charge is -2.08. The van der Waals surface area contributed by atoms with Crippen LogP contribution >= 0.6 is 0 Å². The molecule has 0 aliphatic carbocycles. The van der Waals surface area contributed by atoms with E-state index in [1.165, 1.54) is 12.1 Å². The molecule has 0 saturated carbocycles. The number of nitrogens with two attached hydrogens (primary N) is 1. The van der Waals surface area contributed by atoms with Crippen LogP contribution in [0.1, 0.15) is 24.6 Å². The summed E-state index contributed by atoms with van der Waals surface area (Å²) in [7, 11) is 0. The maximum atomic E-state index is 13.0. The van der Waals surface area contributed by atoms with E-state index in [1.807, 2.05) is 6.92 Å². The third kappa shape index (κ3) is 2.13. The van der Waals surface area contributed by atoms with E-state index in [-0.39, 0.29) is 5.82 Å². The van der Waals surface area contributed by atoms with E-state index in [0.717, 1.165) is 29.8 Å². The normalized spacial score (nSPS) is 10.8. The molecule has 5 heteroatoms. The third-order valence-corrected chi connectivity index (χ3v) is 2.67. The van der Waals surface area contributed by atoms with Crippen molar-refractivity contribution in [1.29, 1.82) is 0 Å². The van der Waals surface area contributed by atoms with Gasteiger partial charge < -0.3 is 5.73 Å². The van der Waals surface area contributed by atoms with Gasteiger partial charge in [0.15, 0.2) is 5.82 Å². The van der Waals surface area contributed by atoms with E-state index in [2.05, 4.69) is 17.2 Å². The molecule has 0 aliphatic heterocycles. The van der Waals surface area contributed by atoms with Crippen LogP contribution < -0.4 is 5.73 Å². The molecule has 0 amide bonds. The van der Waals surface area contributed by atoms with Gasteiger partial charge in [-0.3, -0.25) is 0 Å². The first-order valence-electron chi connectivity index (χ1n) is 5.60. The lowest BCUT2D eigenvalue weighted by atomic mass is 10.2. The number of aryl methyl sites for hydroxylation is 1. The summed E-state index contributed by atoms with van der Waals surface area (Å²) in [4.78, 5) is 0. The van der Waals surface area contributed by atoms with Crippen molar-refractivity contribution in [2.24, 2.45) is 0 Å². The van der Waals surface area contributed by atoms with Crippen molar-refractivity contribution in [3.8, 4) is 5.69 Å². The highest BCUT2D eigenvalue weighted by Crippen LogP contribution is 2.19. The fourth-order valence-corrected chi connectivity index (χ4v) is 1.83. The molecule has 0 aliphatic rings. The number of rotatable bonds is 3. The Hall–Kier alpha value is -1.91. The molecule has 1 heterocycles. The fourth-order valence-electron chi connectivity index (χ4n) is 1.83. The molecule has 2 N–H and O–H groups in total. The number of nitrogens with zero attached hydrogens (tertiary/aromatic N) is 3. The van der Waals surface area contributed by atoms with Gasteiger partial charge in [0, 0.05) is 0 Å². The number of benzene rings is 1. The summed E-state index contributed by atoms with van der Waals surface area (Å²) >= 11 is 0. The van der Waals surface area contributed by atoms with Crippen LogP contribution in [-0.4, -0.2) is 15.0 Å². The summed E-state index contributed by atoms with van der Waals surface area (Å²) in [6.45, 7) is 3.90. The molecule has 17 heavy (non-hydrogen) atoms. The Labute approximate surface area is 99.2 Å². The molecular formula is C12H15FN4. The second-order valence-electron chi connectivity index (χ2n) is 4.01. The molecule has 90 valence electrons. The van der Waals surface area contributed by atoms with Gasteiger partial charge in [-0.1, -0.05) is 18.6 Å². The lowest BCUT2D eigenvalue weighted by molar-refractivity contribution is 0.624. The minimum Gasteiger partial charge on any atom is -0.381 e. The van der Waals surface area contributed by atoms with E-state index in [9.17, 15) is 4.39 Å². The van der Waals surface area contributed by atoms with Crippen molar-refractivity contribution >= 4 is 5.82 Å². The molecule has 2 aromatic rings. The van der Waals surface area contributed by atoms with Crippen molar-refractivity contribution in [3.05, 3.63) is 35.3 Å². The summed E-state index contributed by atoms with van der Waals surface area (Å²) in [5.74, 6) is 0.187. The van der Waals surface area contributed by atoms with Crippen molar-refractivity contribution in [1.82, 2.24) is 15.0 Å². The number of halogens is 1. The Morgan fingerprint density at radius 3 is 2.82 bits per heavy atom. The summed E-state index contributed by atoms with van der Waals surface area (Å²) in [6.07, 6.45) is 1.76. The van der Waals surface area contributed by atoms with Crippen LogP contribution in [0.5, 0.6) is 0 Å². The van der Waals surface area contributed by atoms with Crippen LogP contribution in [0.2, 0.25) is 0 Å². The Kier molecular flexibility index (Phi) is 3.08. The largest absolute Gasteiger partial charge is 0.381 e. The van der Waals surface area contributed by atoms with Crippen LogP contribution in [0.3, 0.4) is 0 Å². The second kappa shape index (κ2) is 4.53. The number of hydrogen-bond donors (Lipinski definition) is 1. The molecular weight excluding hydrogens is 219 g/mol. The molecule has 0 atom stereocenters. The first-order valence-corrected chi connectivity index (χ1v) is 5.60. The Morgan fingerprint density at radius 1 is 1.41 bits per heavy atom. The maximum absolute atomic E-state index is 13.0. The van der Waals surface area contributed by atoms with Crippen LogP contribution in [0.15, 0.2) is 18.2 Å². The Balaban J connectivity index is 2.52. The molecule has 0 saturated heterocycles. The molecule has 0 radical (unpaired) electrons. The van der Waals surface area contributed by atoms with E-state index >= 15 is 0 Å². The Morgan fingerprint density at radius 2 is 2.18 bits per heavy atom. The van der Waals surface area contributed by atoms with Gasteiger partial charge in [0.05, 0.1) is 11.4 Å². The standard InChI is InChI=1S/C12H15FN4/c1-3-4-11-12(14)15-16-17(11)10-6-5-9(13)7-8(10)2/h5-7H,3-4,14H2,1-2H3. The number of nitrogen functional groups attached to an aromatic ring is 1. The maximum Gasteiger partial charge on any atom is 0.169 e.